The Morgan fingerprint density at radius 1 is 0.868 bits per heavy atom. The highest BCUT2D eigenvalue weighted by molar-refractivity contribution is 5.50. The van der Waals surface area contributed by atoms with Gasteiger partial charge in [-0.2, -0.15) is 18.4 Å². The number of anilines is 3. The van der Waals surface area contributed by atoms with Gasteiger partial charge in [0.15, 0.2) is 0 Å². The van der Waals surface area contributed by atoms with E-state index in [9.17, 15) is 13.2 Å². The van der Waals surface area contributed by atoms with E-state index in [0.717, 1.165) is 75.5 Å². The number of ether oxygens (including phenoxy) is 1. The molecule has 38 heavy (non-hydrogen) atoms. The number of alkyl halides is 3. The number of aromatic nitrogens is 2. The molecule has 0 bridgehead atoms. The zero-order chi connectivity index (χ0) is 26.5. The number of hydrogen-bond acceptors (Lipinski definition) is 7. The number of nitrogens with zero attached hydrogens (tertiary/aromatic N) is 5. The molecule has 2 aliphatic rings. The van der Waals surface area contributed by atoms with Gasteiger partial charge < -0.3 is 19.9 Å². The molecule has 0 radical (unpaired) electrons. The maximum absolute atomic E-state index is 12.8. The fourth-order valence-corrected chi connectivity index (χ4v) is 4.96. The van der Waals surface area contributed by atoms with Crippen molar-refractivity contribution in [1.29, 1.82) is 5.26 Å². The lowest BCUT2D eigenvalue weighted by Crippen LogP contribution is -2.39. The third-order valence-electron chi connectivity index (χ3n) is 7.12. The SMILES string of the molecule is N#Cc1ccc(N2CCC(Oc3cc(N4CCC(Nc5ccc(C(F)(F)F)cc5)CC4)ncn3)CC2)cc1. The number of nitrogens with one attached hydrogen (secondary N) is 1. The zero-order valence-electron chi connectivity index (χ0n) is 20.9. The Hall–Kier alpha value is -4.00. The fourth-order valence-electron chi connectivity index (χ4n) is 4.96. The molecule has 0 unspecified atom stereocenters. The van der Waals surface area contributed by atoms with Gasteiger partial charge in [0.25, 0.3) is 0 Å². The summed E-state index contributed by atoms with van der Waals surface area (Å²) >= 11 is 0. The Morgan fingerprint density at radius 2 is 1.53 bits per heavy atom. The molecule has 0 saturated carbocycles. The van der Waals surface area contributed by atoms with Crippen LogP contribution in [-0.4, -0.2) is 48.3 Å². The van der Waals surface area contributed by atoms with Crippen LogP contribution in [-0.2, 0) is 6.18 Å². The minimum absolute atomic E-state index is 0.0750. The van der Waals surface area contributed by atoms with E-state index < -0.39 is 11.7 Å². The van der Waals surface area contributed by atoms with Gasteiger partial charge in [0.2, 0.25) is 5.88 Å². The summed E-state index contributed by atoms with van der Waals surface area (Å²) in [5, 5.41) is 12.3. The van der Waals surface area contributed by atoms with Gasteiger partial charge in [0.1, 0.15) is 18.2 Å². The monoisotopic (exact) mass is 522 g/mol. The molecule has 2 saturated heterocycles. The highest BCUT2D eigenvalue weighted by atomic mass is 19.4. The van der Waals surface area contributed by atoms with E-state index in [0.29, 0.717) is 17.1 Å². The Labute approximate surface area is 219 Å². The van der Waals surface area contributed by atoms with Gasteiger partial charge in [-0.15, -0.1) is 0 Å². The average Bonchev–Trinajstić information content (AvgIpc) is 2.94. The van der Waals surface area contributed by atoms with Crippen molar-refractivity contribution in [2.75, 3.05) is 41.3 Å². The molecule has 0 spiro atoms. The number of piperidine rings is 2. The summed E-state index contributed by atoms with van der Waals surface area (Å²) < 4.78 is 44.6. The van der Waals surface area contributed by atoms with Crippen LogP contribution < -0.4 is 19.9 Å². The van der Waals surface area contributed by atoms with Crippen LogP contribution in [0.2, 0.25) is 0 Å². The van der Waals surface area contributed by atoms with Crippen molar-refractivity contribution < 1.29 is 17.9 Å². The van der Waals surface area contributed by atoms with Gasteiger partial charge in [-0.25, -0.2) is 9.97 Å². The van der Waals surface area contributed by atoms with E-state index in [1.807, 2.05) is 30.3 Å². The van der Waals surface area contributed by atoms with Gasteiger partial charge >= 0.3 is 6.18 Å². The summed E-state index contributed by atoms with van der Waals surface area (Å²) in [5.74, 6) is 1.38. The van der Waals surface area contributed by atoms with Crippen molar-refractivity contribution in [3.05, 3.63) is 72.1 Å². The van der Waals surface area contributed by atoms with E-state index in [1.165, 1.54) is 18.5 Å². The van der Waals surface area contributed by atoms with Crippen molar-refractivity contribution in [3.63, 3.8) is 0 Å². The van der Waals surface area contributed by atoms with Crippen molar-refractivity contribution in [2.24, 2.45) is 0 Å². The molecule has 2 aromatic carbocycles. The second-order valence-corrected chi connectivity index (χ2v) is 9.66. The Morgan fingerprint density at radius 3 is 2.16 bits per heavy atom. The van der Waals surface area contributed by atoms with E-state index in [-0.39, 0.29) is 12.1 Å². The highest BCUT2D eigenvalue weighted by Gasteiger charge is 2.30. The van der Waals surface area contributed by atoms with Crippen LogP contribution in [0, 0.1) is 11.3 Å². The molecule has 2 aliphatic heterocycles. The molecular formula is C28H29F3N6O. The van der Waals surface area contributed by atoms with Crippen molar-refractivity contribution in [1.82, 2.24) is 9.97 Å². The summed E-state index contributed by atoms with van der Waals surface area (Å²) in [6.07, 6.45) is 0.715. The average molecular weight is 523 g/mol. The van der Waals surface area contributed by atoms with Crippen molar-refractivity contribution >= 4 is 17.2 Å². The van der Waals surface area contributed by atoms with Crippen LogP contribution in [0.25, 0.3) is 0 Å². The molecule has 7 nitrogen and oxygen atoms in total. The first kappa shape index (κ1) is 25.6. The topological polar surface area (TPSA) is 77.3 Å². The minimum atomic E-state index is -4.33. The Bertz CT molecular complexity index is 1240. The Kier molecular flexibility index (Phi) is 7.54. The molecule has 0 amide bonds. The molecule has 3 aromatic rings. The van der Waals surface area contributed by atoms with Crippen LogP contribution in [0.5, 0.6) is 5.88 Å². The van der Waals surface area contributed by atoms with Gasteiger partial charge in [0, 0.05) is 62.5 Å². The quantitative estimate of drug-likeness (QED) is 0.458. The van der Waals surface area contributed by atoms with Crippen molar-refractivity contribution in [3.8, 4) is 11.9 Å². The van der Waals surface area contributed by atoms with Crippen LogP contribution in [0.1, 0.15) is 36.8 Å². The first-order valence-electron chi connectivity index (χ1n) is 12.8. The molecule has 198 valence electrons. The molecule has 3 heterocycles. The second-order valence-electron chi connectivity index (χ2n) is 9.66. The third kappa shape index (κ3) is 6.28. The first-order valence-corrected chi connectivity index (χ1v) is 12.8. The standard InChI is InChI=1S/C28H29F3N6O/c29-28(30,31)21-3-5-22(6-4-21)35-23-9-13-37(14-10-23)26-17-27(34-19-33-26)38-25-11-15-36(16-12-25)24-7-1-20(18-32)2-8-24/h1-8,17,19,23,25,35H,9-16H2. The van der Waals surface area contributed by atoms with E-state index in [1.54, 1.807) is 0 Å². The minimum Gasteiger partial charge on any atom is -0.474 e. The molecule has 5 rings (SSSR count). The number of hydrogen-bond donors (Lipinski definition) is 1. The third-order valence-corrected chi connectivity index (χ3v) is 7.12. The van der Waals surface area contributed by atoms with Gasteiger partial charge in [-0.05, 0) is 61.4 Å². The molecular weight excluding hydrogens is 493 g/mol. The summed E-state index contributed by atoms with van der Waals surface area (Å²) in [5.41, 5.74) is 1.82. The molecule has 1 N–H and O–H groups in total. The summed E-state index contributed by atoms with van der Waals surface area (Å²) in [6, 6.07) is 17.1. The summed E-state index contributed by atoms with van der Waals surface area (Å²) in [4.78, 5) is 13.3. The van der Waals surface area contributed by atoms with E-state index in [2.05, 4.69) is 31.2 Å². The maximum Gasteiger partial charge on any atom is 0.416 e. The second kappa shape index (κ2) is 11.2. The Balaban J connectivity index is 1.10. The molecule has 10 heteroatoms. The van der Waals surface area contributed by atoms with Crippen molar-refractivity contribution in [2.45, 2.75) is 44.0 Å². The maximum atomic E-state index is 12.8. The summed E-state index contributed by atoms with van der Waals surface area (Å²) in [7, 11) is 0. The van der Waals surface area contributed by atoms with Crippen LogP contribution in [0.15, 0.2) is 60.9 Å². The van der Waals surface area contributed by atoms with Crippen LogP contribution >= 0.6 is 0 Å². The fraction of sp³-hybridized carbons (Fsp3) is 0.393. The predicted molar refractivity (Wildman–Crippen MR) is 139 cm³/mol. The predicted octanol–water partition coefficient (Wildman–Crippen LogP) is 5.50. The number of halogens is 3. The summed E-state index contributed by atoms with van der Waals surface area (Å²) in [6.45, 7) is 3.29. The smallest absolute Gasteiger partial charge is 0.416 e. The van der Waals surface area contributed by atoms with Gasteiger partial charge in [-0.3, -0.25) is 0 Å². The number of nitriles is 1. The number of benzene rings is 2. The number of rotatable bonds is 6. The van der Waals surface area contributed by atoms with Crippen LogP contribution in [0.3, 0.4) is 0 Å². The molecule has 1 aromatic heterocycles. The first-order chi connectivity index (χ1) is 18.4. The lowest BCUT2D eigenvalue weighted by atomic mass is 10.0. The normalized spacial score (nSPS) is 17.2. The van der Waals surface area contributed by atoms with Crippen LogP contribution in [0.4, 0.5) is 30.4 Å². The molecule has 2 fully saturated rings. The van der Waals surface area contributed by atoms with E-state index in [4.69, 9.17) is 10.00 Å². The molecule has 0 aliphatic carbocycles. The van der Waals surface area contributed by atoms with Gasteiger partial charge in [-0.1, -0.05) is 0 Å². The lowest BCUT2D eigenvalue weighted by Gasteiger charge is -2.34. The lowest BCUT2D eigenvalue weighted by molar-refractivity contribution is -0.137. The molecule has 0 atom stereocenters. The van der Waals surface area contributed by atoms with Gasteiger partial charge in [0.05, 0.1) is 17.2 Å². The highest BCUT2D eigenvalue weighted by Crippen LogP contribution is 2.31. The van der Waals surface area contributed by atoms with E-state index >= 15 is 0 Å². The zero-order valence-corrected chi connectivity index (χ0v) is 20.9. The largest absolute Gasteiger partial charge is 0.474 e.